The second kappa shape index (κ2) is 8.19. The molecule has 0 unspecified atom stereocenters. The molecule has 0 atom stereocenters. The minimum atomic E-state index is -3.78. The van der Waals surface area contributed by atoms with Crippen LogP contribution in [0.2, 0.25) is 0 Å². The number of aromatic nitrogens is 6. The highest BCUT2D eigenvalue weighted by Crippen LogP contribution is 2.23. The van der Waals surface area contributed by atoms with Crippen LogP contribution in [-0.2, 0) is 16.6 Å². The molecule has 0 saturated carbocycles. The summed E-state index contributed by atoms with van der Waals surface area (Å²) in [6, 6.07) is 9.97. The van der Waals surface area contributed by atoms with Crippen LogP contribution in [0, 0.1) is 13.8 Å². The minimum Gasteiger partial charge on any atom is -0.438 e. The quantitative estimate of drug-likeness (QED) is 0.470. The molecular formula is C20H21N7O3S. The zero-order valence-electron chi connectivity index (χ0n) is 17.2. The molecule has 31 heavy (non-hydrogen) atoms. The van der Waals surface area contributed by atoms with Gasteiger partial charge < -0.3 is 9.30 Å². The topological polar surface area (TPSA) is 117 Å². The molecule has 0 amide bonds. The Balaban J connectivity index is 1.44. The Morgan fingerprint density at radius 1 is 1.03 bits per heavy atom. The van der Waals surface area contributed by atoms with Crippen molar-refractivity contribution in [2.75, 3.05) is 4.72 Å². The van der Waals surface area contributed by atoms with Gasteiger partial charge in [0.15, 0.2) is 10.8 Å². The van der Waals surface area contributed by atoms with Crippen LogP contribution in [0.15, 0.2) is 60.0 Å². The van der Waals surface area contributed by atoms with Gasteiger partial charge in [-0.2, -0.15) is 8.42 Å². The molecule has 0 aliphatic rings. The third-order valence-electron chi connectivity index (χ3n) is 4.60. The maximum Gasteiger partial charge on any atom is 0.280 e. The normalized spacial score (nSPS) is 11.5. The summed E-state index contributed by atoms with van der Waals surface area (Å²) in [5, 5.41) is 8.19. The van der Waals surface area contributed by atoms with Gasteiger partial charge in [-0.25, -0.2) is 9.97 Å². The summed E-state index contributed by atoms with van der Waals surface area (Å²) in [5.41, 5.74) is 0.396. The highest BCUT2D eigenvalue weighted by molar-refractivity contribution is 7.92. The van der Waals surface area contributed by atoms with Crippen molar-refractivity contribution in [3.8, 4) is 17.4 Å². The second-order valence-electron chi connectivity index (χ2n) is 6.72. The van der Waals surface area contributed by atoms with Gasteiger partial charge in [-0.1, -0.05) is 0 Å². The van der Waals surface area contributed by atoms with Gasteiger partial charge in [-0.05, 0) is 51.1 Å². The summed E-state index contributed by atoms with van der Waals surface area (Å²) < 4.78 is 36.9. The van der Waals surface area contributed by atoms with Crippen molar-refractivity contribution >= 4 is 15.7 Å². The van der Waals surface area contributed by atoms with E-state index in [9.17, 15) is 8.42 Å². The molecule has 3 heterocycles. The van der Waals surface area contributed by atoms with Crippen molar-refractivity contribution in [3.05, 3.63) is 66.6 Å². The summed E-state index contributed by atoms with van der Waals surface area (Å²) in [5.74, 6) is 2.89. The molecule has 1 N–H and O–H groups in total. The number of hydrogen-bond donors (Lipinski definition) is 1. The molecule has 0 radical (unpaired) electrons. The van der Waals surface area contributed by atoms with Crippen molar-refractivity contribution in [1.82, 2.24) is 29.3 Å². The van der Waals surface area contributed by atoms with Gasteiger partial charge in [0.05, 0.1) is 0 Å². The Kier molecular flexibility index (Phi) is 5.42. The van der Waals surface area contributed by atoms with Crippen LogP contribution in [0.5, 0.6) is 11.6 Å². The fourth-order valence-corrected chi connectivity index (χ4v) is 4.03. The average molecular weight is 440 g/mol. The van der Waals surface area contributed by atoms with Gasteiger partial charge in [0.1, 0.15) is 17.4 Å². The molecular weight excluding hydrogens is 418 g/mol. The third-order valence-corrected chi connectivity index (χ3v) is 5.85. The van der Waals surface area contributed by atoms with Crippen LogP contribution in [0.3, 0.4) is 0 Å². The molecule has 0 aliphatic carbocycles. The average Bonchev–Trinajstić information content (AvgIpc) is 3.35. The van der Waals surface area contributed by atoms with E-state index in [-0.39, 0.29) is 5.03 Å². The van der Waals surface area contributed by atoms with Gasteiger partial charge in [-0.3, -0.25) is 9.29 Å². The summed E-state index contributed by atoms with van der Waals surface area (Å²) in [6.45, 7) is 6.21. The van der Waals surface area contributed by atoms with Crippen LogP contribution in [0.25, 0.3) is 5.82 Å². The molecule has 0 bridgehead atoms. The number of nitrogens with one attached hydrogen (secondary N) is 1. The van der Waals surface area contributed by atoms with E-state index in [1.807, 2.05) is 18.4 Å². The lowest BCUT2D eigenvalue weighted by Gasteiger charge is -2.08. The second-order valence-corrected chi connectivity index (χ2v) is 8.35. The summed E-state index contributed by atoms with van der Waals surface area (Å²) in [4.78, 5) is 8.28. The minimum absolute atomic E-state index is 0.0179. The van der Waals surface area contributed by atoms with Crippen LogP contribution in [0.1, 0.15) is 18.6 Å². The fourth-order valence-electron chi connectivity index (χ4n) is 2.96. The van der Waals surface area contributed by atoms with Crippen molar-refractivity contribution in [1.29, 1.82) is 0 Å². The van der Waals surface area contributed by atoms with Crippen LogP contribution < -0.4 is 9.46 Å². The van der Waals surface area contributed by atoms with Crippen LogP contribution >= 0.6 is 0 Å². The summed E-state index contributed by atoms with van der Waals surface area (Å²) >= 11 is 0. The van der Waals surface area contributed by atoms with E-state index in [2.05, 4.69) is 24.9 Å². The smallest absolute Gasteiger partial charge is 0.280 e. The van der Waals surface area contributed by atoms with Gasteiger partial charge in [0, 0.05) is 36.9 Å². The Hall–Kier alpha value is -3.73. The van der Waals surface area contributed by atoms with Crippen LogP contribution in [0.4, 0.5) is 5.69 Å². The van der Waals surface area contributed by atoms with E-state index in [1.165, 1.54) is 6.20 Å². The van der Waals surface area contributed by atoms with Gasteiger partial charge >= 0.3 is 0 Å². The molecule has 0 saturated heterocycles. The first-order valence-electron chi connectivity index (χ1n) is 9.54. The lowest BCUT2D eigenvalue weighted by Crippen LogP contribution is -2.13. The maximum atomic E-state index is 12.6. The molecule has 4 rings (SSSR count). The highest BCUT2D eigenvalue weighted by Gasteiger charge is 2.19. The standard InChI is InChI=1S/C20H21N7O3S/c1-4-26-13-20(22-15(26)3)31(28,29)25-16-5-7-17(8-6-16)30-19-10-9-18(23-24-19)27-12-11-21-14(27)2/h5-13,25H,4H2,1-3H3. The van der Waals surface area contributed by atoms with Gasteiger partial charge in [0.2, 0.25) is 5.88 Å². The molecule has 10 nitrogen and oxygen atoms in total. The molecule has 3 aromatic heterocycles. The number of anilines is 1. The van der Waals surface area contributed by atoms with Crippen molar-refractivity contribution in [3.63, 3.8) is 0 Å². The van der Waals surface area contributed by atoms with Gasteiger partial charge in [0.25, 0.3) is 10.0 Å². The Bertz CT molecular complexity index is 1290. The van der Waals surface area contributed by atoms with E-state index >= 15 is 0 Å². The molecule has 1 aromatic carbocycles. The number of nitrogens with zero attached hydrogens (tertiary/aromatic N) is 6. The lowest BCUT2D eigenvalue weighted by molar-refractivity contribution is 0.454. The molecule has 0 fully saturated rings. The largest absolute Gasteiger partial charge is 0.438 e. The third kappa shape index (κ3) is 4.40. The zero-order valence-corrected chi connectivity index (χ0v) is 18.0. The number of imidazole rings is 2. The fraction of sp³-hybridized carbons (Fsp3) is 0.200. The summed E-state index contributed by atoms with van der Waals surface area (Å²) in [6.07, 6.45) is 5.00. The molecule has 4 aromatic rings. The molecule has 160 valence electrons. The van der Waals surface area contributed by atoms with E-state index < -0.39 is 10.0 Å². The van der Waals surface area contributed by atoms with Crippen molar-refractivity contribution in [2.45, 2.75) is 32.3 Å². The number of ether oxygens (including phenoxy) is 1. The predicted octanol–water partition coefficient (Wildman–Crippen LogP) is 3.09. The molecule has 0 spiro atoms. The monoisotopic (exact) mass is 439 g/mol. The van der Waals surface area contributed by atoms with Crippen molar-refractivity contribution in [2.24, 2.45) is 0 Å². The first-order chi connectivity index (χ1) is 14.9. The zero-order chi connectivity index (χ0) is 22.0. The van der Waals surface area contributed by atoms with E-state index in [0.717, 1.165) is 5.82 Å². The Morgan fingerprint density at radius 2 is 1.81 bits per heavy atom. The highest BCUT2D eigenvalue weighted by atomic mass is 32.2. The number of rotatable bonds is 7. The van der Waals surface area contributed by atoms with Crippen molar-refractivity contribution < 1.29 is 13.2 Å². The van der Waals surface area contributed by atoms with Crippen LogP contribution in [-0.4, -0.2) is 37.7 Å². The maximum absolute atomic E-state index is 12.6. The summed E-state index contributed by atoms with van der Waals surface area (Å²) in [7, 11) is -3.78. The first-order valence-corrected chi connectivity index (χ1v) is 11.0. The number of aryl methyl sites for hydroxylation is 3. The van der Waals surface area contributed by atoms with E-state index in [4.69, 9.17) is 4.74 Å². The lowest BCUT2D eigenvalue weighted by atomic mass is 10.3. The predicted molar refractivity (Wildman–Crippen MR) is 114 cm³/mol. The van der Waals surface area contributed by atoms with Gasteiger partial charge in [-0.15, -0.1) is 10.2 Å². The Morgan fingerprint density at radius 3 is 2.39 bits per heavy atom. The Labute approximate surface area is 179 Å². The number of sulfonamides is 1. The number of benzene rings is 1. The SMILES string of the molecule is CCn1cc(S(=O)(=O)Nc2ccc(Oc3ccc(-n4ccnc4C)nn3)cc2)nc1C. The molecule has 0 aliphatic heterocycles. The molecule has 11 heteroatoms. The van der Waals surface area contributed by atoms with E-state index in [1.54, 1.807) is 60.3 Å². The number of hydrogen-bond acceptors (Lipinski definition) is 7. The van der Waals surface area contributed by atoms with E-state index in [0.29, 0.717) is 35.5 Å². The first kappa shape index (κ1) is 20.5.